The van der Waals surface area contributed by atoms with Crippen molar-refractivity contribution >= 4 is 11.9 Å². The van der Waals surface area contributed by atoms with Crippen molar-refractivity contribution in [1.29, 1.82) is 0 Å². The van der Waals surface area contributed by atoms with Gasteiger partial charge < -0.3 is 14.8 Å². The number of rotatable bonds is 1. The summed E-state index contributed by atoms with van der Waals surface area (Å²) in [6, 6.07) is -0.688. The number of hydrogen-bond donors (Lipinski definition) is 0. The van der Waals surface area contributed by atoms with Crippen LogP contribution in [0.15, 0.2) is 0 Å². The van der Waals surface area contributed by atoms with Crippen LogP contribution in [0.25, 0.3) is 0 Å². The van der Waals surface area contributed by atoms with E-state index in [1.165, 1.54) is 11.8 Å². The van der Waals surface area contributed by atoms with Crippen molar-refractivity contribution in [3.63, 3.8) is 0 Å². The van der Waals surface area contributed by atoms with Gasteiger partial charge in [0.2, 0.25) is 5.91 Å². The Kier molecular flexibility index (Phi) is 4.82. The van der Waals surface area contributed by atoms with Gasteiger partial charge in [-0.15, -0.1) is 0 Å². The van der Waals surface area contributed by atoms with Crippen molar-refractivity contribution in [2.24, 2.45) is 0 Å². The van der Waals surface area contributed by atoms with Crippen LogP contribution < -0.4 is 34.7 Å². The zero-order valence-electron chi connectivity index (χ0n) is 7.37. The molecule has 1 fully saturated rings. The van der Waals surface area contributed by atoms with Crippen LogP contribution in [-0.4, -0.2) is 29.4 Å². The predicted molar refractivity (Wildman–Crippen MR) is 35.4 cm³/mol. The van der Waals surface area contributed by atoms with Crippen LogP contribution in [0.2, 0.25) is 0 Å². The maximum atomic E-state index is 10.8. The van der Waals surface area contributed by atoms with E-state index in [1.54, 1.807) is 0 Å². The molecule has 0 N–H and O–H groups in total. The molecule has 4 nitrogen and oxygen atoms in total. The molecule has 0 aromatic heterocycles. The van der Waals surface area contributed by atoms with Crippen molar-refractivity contribution in [3.05, 3.63) is 0 Å². The van der Waals surface area contributed by atoms with E-state index in [4.69, 9.17) is 0 Å². The topological polar surface area (TPSA) is 60.4 Å². The van der Waals surface area contributed by atoms with Crippen molar-refractivity contribution < 1.29 is 44.3 Å². The van der Waals surface area contributed by atoms with E-state index >= 15 is 0 Å². The van der Waals surface area contributed by atoms with Crippen molar-refractivity contribution in [2.45, 2.75) is 25.8 Å². The van der Waals surface area contributed by atoms with Gasteiger partial charge in [-0.25, -0.2) is 0 Å². The van der Waals surface area contributed by atoms with Gasteiger partial charge in [0.15, 0.2) is 0 Å². The van der Waals surface area contributed by atoms with Gasteiger partial charge in [0.05, 0.1) is 12.0 Å². The first-order valence-corrected chi connectivity index (χ1v) is 3.61. The number of carboxylic acids is 1. The van der Waals surface area contributed by atoms with Gasteiger partial charge in [0.25, 0.3) is 0 Å². The summed E-state index contributed by atoms with van der Waals surface area (Å²) in [7, 11) is 0. The van der Waals surface area contributed by atoms with Gasteiger partial charge in [0, 0.05) is 13.5 Å². The molecule has 12 heavy (non-hydrogen) atoms. The van der Waals surface area contributed by atoms with Gasteiger partial charge in [0.1, 0.15) is 0 Å². The van der Waals surface area contributed by atoms with Crippen LogP contribution in [0.4, 0.5) is 0 Å². The normalized spacial score (nSPS) is 21.8. The molecule has 0 bridgehead atoms. The number of aliphatic carboxylic acids is 1. The Labute approximate surface area is 93.2 Å². The number of carbonyl (C=O) groups excluding carboxylic acids is 2. The predicted octanol–water partition coefficient (Wildman–Crippen LogP) is -4.25. The number of nitrogens with zero attached hydrogens (tertiary/aromatic N) is 1. The first kappa shape index (κ1) is 11.9. The third-order valence-electron chi connectivity index (χ3n) is 1.93. The summed E-state index contributed by atoms with van der Waals surface area (Å²) >= 11 is 0. The van der Waals surface area contributed by atoms with E-state index in [-0.39, 0.29) is 35.5 Å². The summed E-state index contributed by atoms with van der Waals surface area (Å²) in [5, 5.41) is 10.4. The Morgan fingerprint density at radius 2 is 2.08 bits per heavy atom. The van der Waals surface area contributed by atoms with Crippen LogP contribution in [-0.2, 0) is 9.59 Å². The largest absolute Gasteiger partial charge is 1.00 e. The molecular formula is C7H10NNaO3. The second-order valence-electron chi connectivity index (χ2n) is 2.69. The van der Waals surface area contributed by atoms with Gasteiger partial charge in [-0.3, -0.25) is 4.79 Å². The molecule has 5 heteroatoms. The molecular weight excluding hydrogens is 169 g/mol. The summed E-state index contributed by atoms with van der Waals surface area (Å²) in [5.41, 5.74) is 0. The third kappa shape index (κ3) is 2.47. The number of carbonyl (C=O) groups is 2. The monoisotopic (exact) mass is 179 g/mol. The maximum absolute atomic E-state index is 10.8. The molecule has 0 saturated carbocycles. The standard InChI is InChI=1S/C7H11NO3.Na/c1-5(9)8-4-2-3-6(8)7(10)11;/h6H,2-4H2,1H3,(H,10,11);/q;+1/p-1/t6-;/m1./s1. The fourth-order valence-corrected chi connectivity index (χ4v) is 1.39. The second kappa shape index (κ2) is 4.84. The third-order valence-corrected chi connectivity index (χ3v) is 1.93. The van der Waals surface area contributed by atoms with Gasteiger partial charge >= 0.3 is 29.6 Å². The zero-order valence-corrected chi connectivity index (χ0v) is 9.37. The zero-order chi connectivity index (χ0) is 8.43. The fourth-order valence-electron chi connectivity index (χ4n) is 1.39. The van der Waals surface area contributed by atoms with Crippen LogP contribution in [0.5, 0.6) is 0 Å². The molecule has 1 aliphatic rings. The Morgan fingerprint density at radius 1 is 1.50 bits per heavy atom. The SMILES string of the molecule is CC(=O)N1CCC[C@@H]1C(=O)[O-].[Na+]. The molecule has 0 aromatic rings. The van der Waals surface area contributed by atoms with Crippen LogP contribution in [0.3, 0.4) is 0 Å². The maximum Gasteiger partial charge on any atom is 1.00 e. The van der Waals surface area contributed by atoms with Gasteiger partial charge in [-0.2, -0.15) is 0 Å². The van der Waals surface area contributed by atoms with Crippen molar-refractivity contribution in [2.75, 3.05) is 6.54 Å². The molecule has 1 rings (SSSR count). The number of hydrogen-bond acceptors (Lipinski definition) is 3. The summed E-state index contributed by atoms with van der Waals surface area (Å²) in [5.74, 6) is -1.32. The molecule has 0 unspecified atom stereocenters. The molecule has 62 valence electrons. The summed E-state index contributed by atoms with van der Waals surface area (Å²) in [6.07, 6.45) is 1.29. The van der Waals surface area contributed by atoms with Crippen LogP contribution in [0.1, 0.15) is 19.8 Å². The molecule has 0 aliphatic carbocycles. The minimum absolute atomic E-state index is 0. The Morgan fingerprint density at radius 3 is 2.42 bits per heavy atom. The minimum atomic E-state index is -1.14. The number of amides is 1. The molecule has 1 amide bonds. The molecule has 1 aliphatic heterocycles. The smallest absolute Gasteiger partial charge is 0.548 e. The van der Waals surface area contributed by atoms with Gasteiger partial charge in [-0.05, 0) is 12.8 Å². The average molecular weight is 179 g/mol. The van der Waals surface area contributed by atoms with Crippen molar-refractivity contribution in [3.8, 4) is 0 Å². The van der Waals surface area contributed by atoms with Crippen molar-refractivity contribution in [1.82, 2.24) is 4.90 Å². The van der Waals surface area contributed by atoms with Crippen LogP contribution >= 0.6 is 0 Å². The molecule has 0 aromatic carbocycles. The number of likely N-dealkylation sites (tertiary alicyclic amines) is 1. The Bertz CT molecular complexity index is 175. The molecule has 1 atom stereocenters. The van der Waals surface area contributed by atoms with E-state index in [9.17, 15) is 14.7 Å². The minimum Gasteiger partial charge on any atom is -0.548 e. The van der Waals surface area contributed by atoms with E-state index in [1.807, 2.05) is 0 Å². The molecule has 0 radical (unpaired) electrons. The van der Waals surface area contributed by atoms with E-state index < -0.39 is 12.0 Å². The Hall–Kier alpha value is -0.0600. The molecule has 1 heterocycles. The summed E-state index contributed by atoms with van der Waals surface area (Å²) < 4.78 is 0. The number of carboxylic acid groups (broad SMARTS) is 1. The second-order valence-corrected chi connectivity index (χ2v) is 2.69. The van der Waals surface area contributed by atoms with Gasteiger partial charge in [-0.1, -0.05) is 0 Å². The van der Waals surface area contributed by atoms with E-state index in [0.29, 0.717) is 13.0 Å². The van der Waals surface area contributed by atoms with Crippen LogP contribution in [0, 0.1) is 0 Å². The Balaban J connectivity index is 0.00000121. The first-order valence-electron chi connectivity index (χ1n) is 3.61. The summed E-state index contributed by atoms with van der Waals surface area (Å²) in [6.45, 7) is 1.93. The first-order chi connectivity index (χ1) is 5.13. The summed E-state index contributed by atoms with van der Waals surface area (Å²) in [4.78, 5) is 22.5. The average Bonchev–Trinajstić information content (AvgIpc) is 2.32. The molecule has 1 saturated heterocycles. The van der Waals surface area contributed by atoms with E-state index in [2.05, 4.69) is 0 Å². The molecule has 0 spiro atoms. The quantitative estimate of drug-likeness (QED) is 0.383. The fraction of sp³-hybridized carbons (Fsp3) is 0.714. The van der Waals surface area contributed by atoms with E-state index in [0.717, 1.165) is 6.42 Å².